The number of esters is 1. The number of fused-ring (bicyclic) bond motifs is 2. The molecule has 2 unspecified atom stereocenters. The second-order valence-electron chi connectivity index (χ2n) is 10.1. The Balaban J connectivity index is 1.45. The van der Waals surface area contributed by atoms with Crippen LogP contribution in [0.2, 0.25) is 45.8 Å². The summed E-state index contributed by atoms with van der Waals surface area (Å²) >= 11 is 0. The van der Waals surface area contributed by atoms with Gasteiger partial charge in [0.05, 0.1) is 20.8 Å². The van der Waals surface area contributed by atoms with Crippen LogP contribution in [0.25, 0.3) is 0 Å². The monoisotopic (exact) mass is 412 g/mol. The summed E-state index contributed by atoms with van der Waals surface area (Å²) in [5.74, 6) is 1.07. The van der Waals surface area contributed by atoms with Crippen molar-refractivity contribution in [2.45, 2.75) is 71.5 Å². The summed E-state index contributed by atoms with van der Waals surface area (Å²) in [7, 11) is -4.90. The lowest BCUT2D eigenvalue weighted by atomic mass is 9.99. The summed E-state index contributed by atoms with van der Waals surface area (Å²) < 4.78 is 12.2. The van der Waals surface area contributed by atoms with Gasteiger partial charge in [-0.2, -0.15) is 0 Å². The van der Waals surface area contributed by atoms with Crippen molar-refractivity contribution in [3.63, 3.8) is 0 Å². The van der Waals surface area contributed by atoms with Gasteiger partial charge in [0.25, 0.3) is 0 Å². The fourth-order valence-electron chi connectivity index (χ4n) is 5.71. The molecule has 0 amide bonds. The first kappa shape index (κ1) is 19.8. The maximum absolute atomic E-state index is 12.3. The van der Waals surface area contributed by atoms with Crippen LogP contribution >= 0.6 is 0 Å². The van der Waals surface area contributed by atoms with E-state index in [2.05, 4.69) is 51.9 Å². The van der Waals surface area contributed by atoms with Crippen LogP contribution in [0.15, 0.2) is 11.6 Å². The van der Waals surface area contributed by atoms with Gasteiger partial charge in [0.2, 0.25) is 0 Å². The topological polar surface area (TPSA) is 35.5 Å². The molecule has 0 aromatic heterocycles. The van der Waals surface area contributed by atoms with Crippen LogP contribution in [0.3, 0.4) is 0 Å². The zero-order valence-corrected chi connectivity index (χ0v) is 21.2. The molecule has 0 aromatic carbocycles. The molecule has 2 fully saturated rings. The molecule has 3 rings (SSSR count). The number of rotatable bonds is 6. The summed E-state index contributed by atoms with van der Waals surface area (Å²) in [6, 6.07) is 0. The Kier molecular flexibility index (Phi) is 4.98. The Morgan fingerprint density at radius 1 is 1.00 bits per heavy atom. The molecule has 0 N–H and O–H groups in total. The number of carbonyl (C=O) groups excluding carboxylic acids is 1. The summed E-state index contributed by atoms with van der Waals surface area (Å²) in [5.41, 5.74) is 0.965. The first-order valence-electron chi connectivity index (χ1n) is 9.98. The minimum atomic E-state index is -1.51. The molecule has 1 saturated heterocycles. The molecule has 1 heterocycles. The highest BCUT2D eigenvalue weighted by Crippen LogP contribution is 2.51. The van der Waals surface area contributed by atoms with Crippen molar-refractivity contribution in [2.24, 2.45) is 11.8 Å². The van der Waals surface area contributed by atoms with Crippen molar-refractivity contribution in [3.05, 3.63) is 11.6 Å². The zero-order chi connectivity index (χ0) is 18.7. The molecule has 2 bridgehead atoms. The normalized spacial score (nSPS) is 32.8. The van der Waals surface area contributed by atoms with E-state index in [0.29, 0.717) is 18.4 Å². The zero-order valence-electron chi connectivity index (χ0n) is 17.2. The van der Waals surface area contributed by atoms with Crippen molar-refractivity contribution in [3.8, 4) is 0 Å². The molecule has 1 saturated carbocycles. The average molecular weight is 413 g/mol. The van der Waals surface area contributed by atoms with Gasteiger partial charge in [-0.15, -0.1) is 0 Å². The van der Waals surface area contributed by atoms with Crippen LogP contribution < -0.4 is 0 Å². The van der Waals surface area contributed by atoms with Gasteiger partial charge < -0.3 is 9.16 Å². The third-order valence-electron chi connectivity index (χ3n) is 8.99. The Labute approximate surface area is 156 Å². The highest BCUT2D eigenvalue weighted by molar-refractivity contribution is 8.12. The summed E-state index contributed by atoms with van der Waals surface area (Å²) in [6.07, 6.45) is 6.64. The first-order chi connectivity index (χ1) is 11.5. The van der Waals surface area contributed by atoms with E-state index < -0.39 is 28.7 Å². The molecule has 0 spiro atoms. The molecule has 1 aliphatic heterocycles. The SMILES string of the molecule is C[Si]1(C)[Si](C)(C)[Si](C)(OCCCOC(=O)C2=CC3CCC2C3)[Si]1(C)C. The van der Waals surface area contributed by atoms with E-state index >= 15 is 0 Å². The lowest BCUT2D eigenvalue weighted by molar-refractivity contribution is -0.139. The summed E-state index contributed by atoms with van der Waals surface area (Å²) in [5, 5.41) is 0. The van der Waals surface area contributed by atoms with Crippen molar-refractivity contribution >= 4 is 34.6 Å². The van der Waals surface area contributed by atoms with E-state index in [1.807, 2.05) is 0 Å². The Morgan fingerprint density at radius 2 is 1.64 bits per heavy atom. The second kappa shape index (κ2) is 6.29. The molecule has 2 aliphatic carbocycles. The largest absolute Gasteiger partial charge is 0.462 e. The van der Waals surface area contributed by atoms with Crippen molar-refractivity contribution in [2.75, 3.05) is 13.2 Å². The average Bonchev–Trinajstić information content (AvgIpc) is 3.15. The number of hydrogen-bond donors (Lipinski definition) is 0. The van der Waals surface area contributed by atoms with Crippen molar-refractivity contribution in [1.29, 1.82) is 0 Å². The molecular formula is C18H36O3Si4. The lowest BCUT2D eigenvalue weighted by Gasteiger charge is -2.71. The van der Waals surface area contributed by atoms with E-state index in [1.165, 1.54) is 19.3 Å². The Hall–Kier alpha value is 0.0375. The van der Waals surface area contributed by atoms with Crippen LogP contribution in [0.5, 0.6) is 0 Å². The summed E-state index contributed by atoms with van der Waals surface area (Å²) in [6.45, 7) is 19.5. The third-order valence-corrected chi connectivity index (χ3v) is 106. The van der Waals surface area contributed by atoms with Crippen LogP contribution in [0, 0.1) is 11.8 Å². The second-order valence-corrected chi connectivity index (χ2v) is 56.5. The van der Waals surface area contributed by atoms with E-state index in [1.54, 1.807) is 0 Å². The fourth-order valence-corrected chi connectivity index (χ4v) is 134. The van der Waals surface area contributed by atoms with E-state index in [9.17, 15) is 4.79 Å². The van der Waals surface area contributed by atoms with Gasteiger partial charge in [-0.3, -0.25) is 0 Å². The van der Waals surface area contributed by atoms with Gasteiger partial charge in [-0.25, -0.2) is 4.79 Å². The van der Waals surface area contributed by atoms with Gasteiger partial charge in [0.1, 0.15) is 0 Å². The maximum atomic E-state index is 12.3. The Morgan fingerprint density at radius 3 is 2.16 bits per heavy atom. The number of ether oxygens (including phenoxy) is 1. The quantitative estimate of drug-likeness (QED) is 0.370. The van der Waals surface area contributed by atoms with Crippen molar-refractivity contribution in [1.82, 2.24) is 0 Å². The molecule has 2 atom stereocenters. The van der Waals surface area contributed by atoms with Gasteiger partial charge in [0, 0.05) is 25.7 Å². The van der Waals surface area contributed by atoms with E-state index in [-0.39, 0.29) is 5.97 Å². The molecule has 3 aliphatic rings. The van der Waals surface area contributed by atoms with Gasteiger partial charge >= 0.3 is 5.97 Å². The molecule has 25 heavy (non-hydrogen) atoms. The smallest absolute Gasteiger partial charge is 0.333 e. The number of allylic oxidation sites excluding steroid dienone is 1. The minimum Gasteiger partial charge on any atom is -0.462 e. The predicted octanol–water partition coefficient (Wildman–Crippen LogP) is 4.32. The van der Waals surface area contributed by atoms with Gasteiger partial charge in [-0.05, 0) is 31.1 Å². The lowest BCUT2D eigenvalue weighted by Crippen LogP contribution is -3.02. The fraction of sp³-hybridized carbons (Fsp3) is 0.833. The maximum Gasteiger partial charge on any atom is 0.333 e. The number of carbonyl (C=O) groups is 1. The van der Waals surface area contributed by atoms with Crippen LogP contribution in [0.1, 0.15) is 25.7 Å². The molecule has 142 valence electrons. The molecular weight excluding hydrogens is 377 g/mol. The van der Waals surface area contributed by atoms with Crippen molar-refractivity contribution < 1.29 is 14.0 Å². The van der Waals surface area contributed by atoms with Crippen LogP contribution in [0.4, 0.5) is 0 Å². The molecule has 0 aromatic rings. The standard InChI is InChI=1S/C18H36O3Si4/c1-22(2)23(3,4)25(7,24(22,5)6)21-12-8-11-20-18(19)17-14-15-9-10-16(17)13-15/h14-16H,8-13H2,1-7H3. The van der Waals surface area contributed by atoms with E-state index in [4.69, 9.17) is 9.16 Å². The molecule has 0 radical (unpaired) electrons. The highest BCUT2D eigenvalue weighted by Gasteiger charge is 2.79. The highest BCUT2D eigenvalue weighted by atomic mass is 30.2. The Bertz CT molecular complexity index is 579. The third kappa shape index (κ3) is 2.68. The molecule has 7 heteroatoms. The van der Waals surface area contributed by atoms with E-state index in [0.717, 1.165) is 18.6 Å². The molecule has 3 nitrogen and oxygen atoms in total. The minimum absolute atomic E-state index is 0.0581. The van der Waals surface area contributed by atoms with Crippen LogP contribution in [-0.4, -0.2) is 47.9 Å². The van der Waals surface area contributed by atoms with Gasteiger partial charge in [-0.1, -0.05) is 51.9 Å². The van der Waals surface area contributed by atoms with Crippen LogP contribution in [-0.2, 0) is 14.0 Å². The number of hydrogen-bond acceptors (Lipinski definition) is 3. The summed E-state index contributed by atoms with van der Waals surface area (Å²) in [4.78, 5) is 12.3. The van der Waals surface area contributed by atoms with Gasteiger partial charge in [0.15, 0.2) is 7.35 Å². The first-order valence-corrected chi connectivity index (χ1v) is 25.4. The predicted molar refractivity (Wildman–Crippen MR) is 115 cm³/mol.